The van der Waals surface area contributed by atoms with Crippen molar-refractivity contribution in [1.29, 1.82) is 0 Å². The van der Waals surface area contributed by atoms with Gasteiger partial charge in [-0.3, -0.25) is 4.79 Å². The van der Waals surface area contributed by atoms with Crippen molar-refractivity contribution < 1.29 is 9.90 Å². The first kappa shape index (κ1) is 12.1. The molecule has 1 amide bonds. The second kappa shape index (κ2) is 4.87. The van der Waals surface area contributed by atoms with Gasteiger partial charge in [0, 0.05) is 26.3 Å². The van der Waals surface area contributed by atoms with Crippen LogP contribution in [0.5, 0.6) is 0 Å². The first-order valence-corrected chi connectivity index (χ1v) is 6.03. The van der Waals surface area contributed by atoms with E-state index in [1.54, 1.807) is 17.1 Å². The van der Waals surface area contributed by atoms with Gasteiger partial charge in [0.25, 0.3) is 5.91 Å². The minimum absolute atomic E-state index is 0.00496. The Kier molecular flexibility index (Phi) is 3.47. The van der Waals surface area contributed by atoms with Gasteiger partial charge in [-0.2, -0.15) is 0 Å². The van der Waals surface area contributed by atoms with Gasteiger partial charge in [-0.1, -0.05) is 0 Å². The van der Waals surface area contributed by atoms with Crippen molar-refractivity contribution in [1.82, 2.24) is 14.5 Å². The number of carbonyl (C=O) groups excluding carboxylic acids is 1. The van der Waals surface area contributed by atoms with Crippen LogP contribution in [0.25, 0.3) is 0 Å². The zero-order valence-corrected chi connectivity index (χ0v) is 10.3. The van der Waals surface area contributed by atoms with Crippen LogP contribution in [0.3, 0.4) is 0 Å². The summed E-state index contributed by atoms with van der Waals surface area (Å²) in [5, 5.41) is 9.50. The van der Waals surface area contributed by atoms with Crippen LogP contribution >= 0.6 is 0 Å². The molecule has 1 atom stereocenters. The normalized spacial score (nSPS) is 19.4. The molecule has 1 saturated heterocycles. The molecule has 1 aliphatic rings. The van der Waals surface area contributed by atoms with Crippen molar-refractivity contribution >= 4 is 5.91 Å². The molecule has 2 heterocycles. The van der Waals surface area contributed by atoms with Gasteiger partial charge < -0.3 is 14.6 Å². The maximum atomic E-state index is 12.1. The second-order valence-electron chi connectivity index (χ2n) is 4.79. The Hall–Kier alpha value is -1.36. The van der Waals surface area contributed by atoms with Crippen LogP contribution in [0, 0.1) is 5.92 Å². The summed E-state index contributed by atoms with van der Waals surface area (Å²) < 4.78 is 1.77. The van der Waals surface area contributed by atoms with Gasteiger partial charge in [-0.05, 0) is 25.7 Å². The topological polar surface area (TPSA) is 58.4 Å². The Morgan fingerprint density at radius 1 is 1.53 bits per heavy atom. The molecule has 0 radical (unpaired) electrons. The molecule has 94 valence electrons. The van der Waals surface area contributed by atoms with Crippen LogP contribution in [0.1, 0.15) is 30.3 Å². The molecule has 1 aromatic heterocycles. The third kappa shape index (κ3) is 2.66. The van der Waals surface area contributed by atoms with Crippen LogP contribution in [-0.4, -0.2) is 44.7 Å². The molecule has 0 saturated carbocycles. The monoisotopic (exact) mass is 237 g/mol. The number of likely N-dealkylation sites (tertiary alicyclic amines) is 1. The number of piperidine rings is 1. The number of hydrogen-bond donors (Lipinski definition) is 1. The quantitative estimate of drug-likeness (QED) is 0.821. The maximum absolute atomic E-state index is 12.1. The number of rotatable bonds is 2. The zero-order valence-electron chi connectivity index (χ0n) is 10.3. The Morgan fingerprint density at radius 2 is 2.18 bits per heavy atom. The number of aliphatic hydroxyl groups excluding tert-OH is 1. The van der Waals surface area contributed by atoms with Gasteiger partial charge in [-0.25, -0.2) is 4.98 Å². The van der Waals surface area contributed by atoms with Gasteiger partial charge >= 0.3 is 0 Å². The molecule has 1 aliphatic heterocycles. The average Bonchev–Trinajstić information content (AvgIpc) is 2.75. The minimum atomic E-state index is -0.276. The van der Waals surface area contributed by atoms with Crippen LogP contribution < -0.4 is 0 Å². The summed E-state index contributed by atoms with van der Waals surface area (Å²) in [6, 6.07) is 0. The summed E-state index contributed by atoms with van der Waals surface area (Å²) in [5.41, 5.74) is 0.503. The van der Waals surface area contributed by atoms with Crippen LogP contribution in [0.4, 0.5) is 0 Å². The van der Waals surface area contributed by atoms with Crippen LogP contribution in [0.15, 0.2) is 12.5 Å². The van der Waals surface area contributed by atoms with E-state index in [-0.39, 0.29) is 12.0 Å². The third-order valence-electron chi connectivity index (χ3n) is 3.43. The Bertz CT molecular complexity index is 392. The molecule has 1 unspecified atom stereocenters. The van der Waals surface area contributed by atoms with E-state index in [0.717, 1.165) is 12.8 Å². The number of aromatic nitrogens is 2. The summed E-state index contributed by atoms with van der Waals surface area (Å²) >= 11 is 0. The predicted octanol–water partition coefficient (Wildman–Crippen LogP) is 0.653. The Morgan fingerprint density at radius 3 is 2.65 bits per heavy atom. The highest BCUT2D eigenvalue weighted by atomic mass is 16.3. The standard InChI is InChI=1S/C12H19N3O2/c1-9(16)10-3-5-15(6-4-10)12(17)11-7-14(2)8-13-11/h7-10,16H,3-6H2,1-2H3. The lowest BCUT2D eigenvalue weighted by molar-refractivity contribution is 0.0517. The highest BCUT2D eigenvalue weighted by molar-refractivity contribution is 5.92. The molecule has 0 aliphatic carbocycles. The molecule has 1 N–H and O–H groups in total. The van der Waals surface area contributed by atoms with Gasteiger partial charge in [0.1, 0.15) is 5.69 Å². The fraction of sp³-hybridized carbons (Fsp3) is 0.667. The van der Waals surface area contributed by atoms with Gasteiger partial charge in [0.05, 0.1) is 12.4 Å². The lowest BCUT2D eigenvalue weighted by Crippen LogP contribution is -2.40. The molecule has 1 aromatic rings. The van der Waals surface area contributed by atoms with Gasteiger partial charge in [-0.15, -0.1) is 0 Å². The lowest BCUT2D eigenvalue weighted by atomic mass is 9.92. The van der Waals surface area contributed by atoms with E-state index in [2.05, 4.69) is 4.98 Å². The van der Waals surface area contributed by atoms with E-state index >= 15 is 0 Å². The van der Waals surface area contributed by atoms with Crippen LogP contribution in [-0.2, 0) is 7.05 Å². The highest BCUT2D eigenvalue weighted by Gasteiger charge is 2.26. The molecule has 5 nitrogen and oxygen atoms in total. The van der Waals surface area contributed by atoms with Crippen molar-refractivity contribution in [3.63, 3.8) is 0 Å². The Balaban J connectivity index is 1.95. The summed E-state index contributed by atoms with van der Waals surface area (Å²) in [7, 11) is 1.85. The summed E-state index contributed by atoms with van der Waals surface area (Å²) in [4.78, 5) is 18.0. The van der Waals surface area contributed by atoms with Gasteiger partial charge in [0.15, 0.2) is 0 Å². The van der Waals surface area contributed by atoms with E-state index < -0.39 is 0 Å². The molecule has 5 heteroatoms. The number of aliphatic hydroxyl groups is 1. The predicted molar refractivity (Wildman–Crippen MR) is 63.5 cm³/mol. The number of imidazole rings is 1. The van der Waals surface area contributed by atoms with Crippen molar-refractivity contribution in [3.05, 3.63) is 18.2 Å². The number of nitrogens with zero attached hydrogens (tertiary/aromatic N) is 3. The first-order chi connectivity index (χ1) is 8.08. The summed E-state index contributed by atoms with van der Waals surface area (Å²) in [5.74, 6) is 0.317. The zero-order chi connectivity index (χ0) is 12.4. The van der Waals surface area contributed by atoms with E-state index in [0.29, 0.717) is 24.7 Å². The molecular formula is C12H19N3O2. The Labute approximate surface area is 101 Å². The molecular weight excluding hydrogens is 218 g/mol. The third-order valence-corrected chi connectivity index (χ3v) is 3.43. The molecule has 2 rings (SSSR count). The summed E-state index contributed by atoms with van der Waals surface area (Å²) in [6.45, 7) is 3.25. The van der Waals surface area contributed by atoms with E-state index in [4.69, 9.17) is 0 Å². The van der Waals surface area contributed by atoms with Crippen LogP contribution in [0.2, 0.25) is 0 Å². The molecule has 17 heavy (non-hydrogen) atoms. The van der Waals surface area contributed by atoms with E-state index in [1.165, 1.54) is 0 Å². The van der Waals surface area contributed by atoms with Crippen molar-refractivity contribution in [2.45, 2.75) is 25.9 Å². The minimum Gasteiger partial charge on any atom is -0.393 e. The second-order valence-corrected chi connectivity index (χ2v) is 4.79. The molecule has 0 bridgehead atoms. The fourth-order valence-corrected chi connectivity index (χ4v) is 2.27. The lowest BCUT2D eigenvalue weighted by Gasteiger charge is -2.32. The first-order valence-electron chi connectivity index (χ1n) is 6.03. The number of aryl methyl sites for hydroxylation is 1. The van der Waals surface area contributed by atoms with E-state index in [1.807, 2.05) is 18.9 Å². The van der Waals surface area contributed by atoms with Crippen molar-refractivity contribution in [2.75, 3.05) is 13.1 Å². The number of amides is 1. The van der Waals surface area contributed by atoms with Gasteiger partial charge in [0.2, 0.25) is 0 Å². The molecule has 0 spiro atoms. The van der Waals surface area contributed by atoms with E-state index in [9.17, 15) is 9.90 Å². The molecule has 0 aromatic carbocycles. The number of hydrogen-bond acceptors (Lipinski definition) is 3. The molecule has 1 fully saturated rings. The highest BCUT2D eigenvalue weighted by Crippen LogP contribution is 2.21. The maximum Gasteiger partial charge on any atom is 0.274 e. The largest absolute Gasteiger partial charge is 0.393 e. The smallest absolute Gasteiger partial charge is 0.274 e. The number of carbonyl (C=O) groups is 1. The average molecular weight is 237 g/mol. The fourth-order valence-electron chi connectivity index (χ4n) is 2.27. The van der Waals surface area contributed by atoms with Crippen molar-refractivity contribution in [2.24, 2.45) is 13.0 Å². The summed E-state index contributed by atoms with van der Waals surface area (Å²) in [6.07, 6.45) is 4.84. The SMILES string of the molecule is CC(O)C1CCN(C(=O)c2cn(C)cn2)CC1. The van der Waals surface area contributed by atoms with Crippen molar-refractivity contribution in [3.8, 4) is 0 Å².